The lowest BCUT2D eigenvalue weighted by atomic mass is 10.0. The molecule has 0 saturated carbocycles. The Balaban J connectivity index is 2.46. The van der Waals surface area contributed by atoms with Crippen molar-refractivity contribution in [3.63, 3.8) is 0 Å². The highest BCUT2D eigenvalue weighted by Gasteiger charge is 2.12. The maximum atomic E-state index is 12.1. The van der Waals surface area contributed by atoms with Gasteiger partial charge in [0.25, 0.3) is 0 Å². The molecule has 0 unspecified atom stereocenters. The number of carboxylic acid groups (broad SMARTS) is 1. The van der Waals surface area contributed by atoms with Crippen LogP contribution < -0.4 is 4.74 Å². The van der Waals surface area contributed by atoms with E-state index >= 15 is 0 Å². The molecular formula is C14H11FO3. The smallest absolute Gasteiger partial charge is 0.339 e. The average molecular weight is 246 g/mol. The normalized spacial score (nSPS) is 10.1. The summed E-state index contributed by atoms with van der Waals surface area (Å²) >= 11 is 0. The fourth-order valence-corrected chi connectivity index (χ4v) is 1.69. The molecule has 0 saturated heterocycles. The van der Waals surface area contributed by atoms with Crippen LogP contribution in [0.3, 0.4) is 0 Å². The summed E-state index contributed by atoms with van der Waals surface area (Å²) in [6.45, 7) is -1.05. The molecule has 0 bridgehead atoms. The maximum absolute atomic E-state index is 12.1. The zero-order valence-electron chi connectivity index (χ0n) is 9.47. The first-order chi connectivity index (χ1) is 8.72. The molecule has 0 heterocycles. The van der Waals surface area contributed by atoms with Gasteiger partial charge in [-0.25, -0.2) is 9.18 Å². The lowest BCUT2D eigenvalue weighted by Crippen LogP contribution is -2.02. The summed E-state index contributed by atoms with van der Waals surface area (Å²) in [4.78, 5) is 11.1. The van der Waals surface area contributed by atoms with Gasteiger partial charge in [0, 0.05) is 0 Å². The summed E-state index contributed by atoms with van der Waals surface area (Å²) in [5, 5.41) is 9.06. The van der Waals surface area contributed by atoms with Crippen molar-refractivity contribution in [2.75, 3.05) is 6.86 Å². The van der Waals surface area contributed by atoms with Gasteiger partial charge in [0.2, 0.25) is 6.86 Å². The molecule has 0 aliphatic heterocycles. The fraction of sp³-hybridized carbons (Fsp3) is 0.0714. The molecule has 2 aromatic rings. The van der Waals surface area contributed by atoms with E-state index in [9.17, 15) is 9.18 Å². The molecule has 0 spiro atoms. The number of ether oxygens (including phenoxy) is 1. The van der Waals surface area contributed by atoms with Gasteiger partial charge in [0.1, 0.15) is 11.3 Å². The molecule has 92 valence electrons. The quantitative estimate of drug-likeness (QED) is 0.899. The Morgan fingerprint density at radius 2 is 1.83 bits per heavy atom. The third kappa shape index (κ3) is 2.48. The Bertz CT molecular complexity index is 552. The lowest BCUT2D eigenvalue weighted by molar-refractivity contribution is 0.0689. The van der Waals surface area contributed by atoms with Crippen LogP contribution in [0.15, 0.2) is 48.5 Å². The third-order valence-electron chi connectivity index (χ3n) is 2.53. The van der Waals surface area contributed by atoms with E-state index < -0.39 is 12.8 Å². The zero-order chi connectivity index (χ0) is 13.0. The largest absolute Gasteiger partial charge is 0.478 e. The van der Waals surface area contributed by atoms with E-state index in [1.54, 1.807) is 6.07 Å². The molecule has 4 heteroatoms. The van der Waals surface area contributed by atoms with Crippen LogP contribution in [0.1, 0.15) is 10.4 Å². The molecule has 0 radical (unpaired) electrons. The first kappa shape index (κ1) is 12.1. The summed E-state index contributed by atoms with van der Waals surface area (Å²) in [7, 11) is 0. The number of hydrogen-bond acceptors (Lipinski definition) is 2. The number of alkyl halides is 1. The van der Waals surface area contributed by atoms with Crippen molar-refractivity contribution < 1.29 is 19.0 Å². The molecule has 0 aliphatic carbocycles. The standard InChI is InChI=1S/C14H11FO3/c15-9-18-13-7-6-11(8-12(13)14(16)17)10-4-2-1-3-5-10/h1-8H,9H2,(H,16,17). The third-order valence-corrected chi connectivity index (χ3v) is 2.53. The molecule has 3 nitrogen and oxygen atoms in total. The number of carbonyl (C=O) groups is 1. The van der Waals surface area contributed by atoms with Crippen molar-refractivity contribution in [1.82, 2.24) is 0 Å². The van der Waals surface area contributed by atoms with Crippen LogP contribution in [0.2, 0.25) is 0 Å². The van der Waals surface area contributed by atoms with Crippen molar-refractivity contribution in [1.29, 1.82) is 0 Å². The summed E-state index contributed by atoms with van der Waals surface area (Å²) < 4.78 is 16.8. The number of hydrogen-bond donors (Lipinski definition) is 1. The minimum absolute atomic E-state index is 0.0321. The molecule has 18 heavy (non-hydrogen) atoms. The van der Waals surface area contributed by atoms with E-state index in [0.29, 0.717) is 0 Å². The van der Waals surface area contributed by atoms with E-state index in [1.165, 1.54) is 12.1 Å². The van der Waals surface area contributed by atoms with Crippen molar-refractivity contribution in [2.24, 2.45) is 0 Å². The number of rotatable bonds is 4. The first-order valence-electron chi connectivity index (χ1n) is 5.34. The van der Waals surface area contributed by atoms with Crippen LogP contribution in [0.5, 0.6) is 5.75 Å². The minimum atomic E-state index is -1.14. The van der Waals surface area contributed by atoms with E-state index in [0.717, 1.165) is 11.1 Å². The molecule has 1 N–H and O–H groups in total. The zero-order valence-corrected chi connectivity index (χ0v) is 9.47. The van der Waals surface area contributed by atoms with Crippen molar-refractivity contribution >= 4 is 5.97 Å². The highest BCUT2D eigenvalue weighted by molar-refractivity contribution is 5.92. The Labute approximate surface area is 103 Å². The van der Waals surface area contributed by atoms with E-state index in [2.05, 4.69) is 4.74 Å². The molecular weight excluding hydrogens is 235 g/mol. The fourth-order valence-electron chi connectivity index (χ4n) is 1.69. The predicted octanol–water partition coefficient (Wildman–Crippen LogP) is 3.36. The van der Waals surface area contributed by atoms with Gasteiger partial charge < -0.3 is 9.84 Å². The summed E-state index contributed by atoms with van der Waals surface area (Å²) in [5.41, 5.74) is 1.60. The minimum Gasteiger partial charge on any atom is -0.478 e. The van der Waals surface area contributed by atoms with Gasteiger partial charge in [0.05, 0.1) is 0 Å². The Morgan fingerprint density at radius 3 is 2.44 bits per heavy atom. The SMILES string of the molecule is O=C(O)c1cc(-c2ccccc2)ccc1OCF. The number of carboxylic acids is 1. The highest BCUT2D eigenvalue weighted by Crippen LogP contribution is 2.26. The van der Waals surface area contributed by atoms with Gasteiger partial charge in [-0.05, 0) is 23.3 Å². The monoisotopic (exact) mass is 246 g/mol. The number of aromatic carboxylic acids is 1. The maximum Gasteiger partial charge on any atom is 0.339 e. The molecule has 0 aromatic heterocycles. The van der Waals surface area contributed by atoms with Gasteiger partial charge >= 0.3 is 5.97 Å². The average Bonchev–Trinajstić information content (AvgIpc) is 2.40. The van der Waals surface area contributed by atoms with Gasteiger partial charge in [-0.2, -0.15) is 0 Å². The van der Waals surface area contributed by atoms with E-state index in [4.69, 9.17) is 5.11 Å². The molecule has 2 rings (SSSR count). The summed E-state index contributed by atoms with van der Waals surface area (Å²) in [5.74, 6) is -1.11. The summed E-state index contributed by atoms with van der Waals surface area (Å²) in [6.07, 6.45) is 0. The van der Waals surface area contributed by atoms with Gasteiger partial charge in [-0.3, -0.25) is 0 Å². The van der Waals surface area contributed by atoms with Gasteiger partial charge in [0.15, 0.2) is 0 Å². The van der Waals surface area contributed by atoms with E-state index in [-0.39, 0.29) is 11.3 Å². The second-order valence-corrected chi connectivity index (χ2v) is 3.64. The molecule has 0 amide bonds. The van der Waals surface area contributed by atoms with Crippen LogP contribution >= 0.6 is 0 Å². The molecule has 0 fully saturated rings. The van der Waals surface area contributed by atoms with Crippen molar-refractivity contribution in [3.05, 3.63) is 54.1 Å². The number of benzene rings is 2. The second kappa shape index (κ2) is 5.31. The van der Waals surface area contributed by atoms with Crippen LogP contribution in [-0.4, -0.2) is 17.9 Å². The highest BCUT2D eigenvalue weighted by atomic mass is 19.1. The van der Waals surface area contributed by atoms with Crippen LogP contribution in [-0.2, 0) is 0 Å². The summed E-state index contributed by atoms with van der Waals surface area (Å²) in [6, 6.07) is 14.0. The van der Waals surface area contributed by atoms with Crippen LogP contribution in [0, 0.1) is 0 Å². The van der Waals surface area contributed by atoms with Crippen molar-refractivity contribution in [3.8, 4) is 16.9 Å². The Kier molecular flexibility index (Phi) is 3.57. The van der Waals surface area contributed by atoms with Gasteiger partial charge in [-0.15, -0.1) is 0 Å². The lowest BCUT2D eigenvalue weighted by Gasteiger charge is -2.08. The topological polar surface area (TPSA) is 46.5 Å². The Morgan fingerprint density at radius 1 is 1.11 bits per heavy atom. The molecule has 0 aliphatic rings. The predicted molar refractivity (Wildman–Crippen MR) is 65.4 cm³/mol. The van der Waals surface area contributed by atoms with Crippen LogP contribution in [0.4, 0.5) is 4.39 Å². The van der Waals surface area contributed by atoms with Crippen molar-refractivity contribution in [2.45, 2.75) is 0 Å². The molecule has 2 aromatic carbocycles. The Hall–Kier alpha value is -2.36. The van der Waals surface area contributed by atoms with Crippen LogP contribution in [0.25, 0.3) is 11.1 Å². The van der Waals surface area contributed by atoms with Gasteiger partial charge in [-0.1, -0.05) is 36.4 Å². The molecule has 0 atom stereocenters. The second-order valence-electron chi connectivity index (χ2n) is 3.64. The van der Waals surface area contributed by atoms with E-state index in [1.807, 2.05) is 30.3 Å². The number of halogens is 1. The first-order valence-corrected chi connectivity index (χ1v) is 5.34.